The summed E-state index contributed by atoms with van der Waals surface area (Å²) in [4.78, 5) is 0. The van der Waals surface area contributed by atoms with Crippen LogP contribution in [0.4, 0.5) is 0 Å². The van der Waals surface area contributed by atoms with Gasteiger partial charge in [0, 0.05) is 12.3 Å². The molecular weight excluding hydrogens is 134 g/mol. The summed E-state index contributed by atoms with van der Waals surface area (Å²) in [6.07, 6.45) is 1.42. The molecule has 0 radical (unpaired) electrons. The van der Waals surface area contributed by atoms with Crippen LogP contribution in [-0.2, 0) is 0 Å². The number of rotatable bonds is 1. The van der Waals surface area contributed by atoms with E-state index in [0.29, 0.717) is 5.41 Å². The summed E-state index contributed by atoms with van der Waals surface area (Å²) < 4.78 is 1.14. The summed E-state index contributed by atoms with van der Waals surface area (Å²) in [6.45, 7) is 7.06. The maximum atomic E-state index is 2.35. The van der Waals surface area contributed by atoms with Crippen LogP contribution in [-0.4, -0.2) is 31.7 Å². The molecule has 0 aliphatic heterocycles. The van der Waals surface area contributed by atoms with E-state index in [1.54, 1.807) is 0 Å². The molecule has 66 valence electrons. The number of hydrogen-bond donors (Lipinski definition) is 0. The van der Waals surface area contributed by atoms with Crippen LogP contribution in [0, 0.1) is 11.3 Å². The molecule has 1 heteroatoms. The highest BCUT2D eigenvalue weighted by Crippen LogP contribution is 2.49. The van der Waals surface area contributed by atoms with Gasteiger partial charge < -0.3 is 4.48 Å². The van der Waals surface area contributed by atoms with E-state index in [0.717, 1.165) is 16.4 Å². The van der Waals surface area contributed by atoms with E-state index >= 15 is 0 Å². The maximum absolute atomic E-state index is 2.35. The van der Waals surface area contributed by atoms with Crippen molar-refractivity contribution in [2.24, 2.45) is 11.3 Å². The first-order valence-electron chi connectivity index (χ1n) is 4.54. The van der Waals surface area contributed by atoms with Crippen LogP contribution in [0.5, 0.6) is 0 Å². The SMILES string of the molecule is CC(C)(C)[C@H]1C[C@H]1[N+](C)(C)C. The van der Waals surface area contributed by atoms with E-state index in [9.17, 15) is 0 Å². The number of nitrogens with zero attached hydrogens (tertiary/aromatic N) is 1. The minimum absolute atomic E-state index is 0.524. The third kappa shape index (κ3) is 1.96. The molecule has 1 fully saturated rings. The second-order valence-electron chi connectivity index (χ2n) is 5.89. The van der Waals surface area contributed by atoms with Gasteiger partial charge in [-0.1, -0.05) is 20.8 Å². The van der Waals surface area contributed by atoms with E-state index in [-0.39, 0.29) is 0 Å². The Morgan fingerprint density at radius 3 is 1.64 bits per heavy atom. The van der Waals surface area contributed by atoms with E-state index in [4.69, 9.17) is 0 Å². The van der Waals surface area contributed by atoms with Crippen molar-refractivity contribution >= 4 is 0 Å². The van der Waals surface area contributed by atoms with Crippen LogP contribution in [0.2, 0.25) is 0 Å². The van der Waals surface area contributed by atoms with Gasteiger partial charge in [-0.05, 0) is 5.41 Å². The molecule has 2 atom stereocenters. The Balaban J connectivity index is 2.51. The molecule has 0 spiro atoms. The van der Waals surface area contributed by atoms with E-state index in [1.807, 2.05) is 0 Å². The Morgan fingerprint density at radius 1 is 1.09 bits per heavy atom. The zero-order valence-corrected chi connectivity index (χ0v) is 8.81. The number of quaternary nitrogens is 1. The predicted octanol–water partition coefficient (Wildman–Crippen LogP) is 2.13. The van der Waals surface area contributed by atoms with Crippen LogP contribution in [0.25, 0.3) is 0 Å². The molecule has 11 heavy (non-hydrogen) atoms. The minimum Gasteiger partial charge on any atom is -0.328 e. The van der Waals surface area contributed by atoms with Gasteiger partial charge in [0.25, 0.3) is 0 Å². The zero-order chi connectivity index (χ0) is 8.86. The topological polar surface area (TPSA) is 0 Å². The lowest BCUT2D eigenvalue weighted by Gasteiger charge is -2.27. The van der Waals surface area contributed by atoms with Gasteiger partial charge in [-0.15, -0.1) is 0 Å². The van der Waals surface area contributed by atoms with Crippen molar-refractivity contribution in [3.05, 3.63) is 0 Å². The molecule has 1 aliphatic rings. The van der Waals surface area contributed by atoms with Gasteiger partial charge in [0.1, 0.15) is 0 Å². The third-order valence-electron chi connectivity index (χ3n) is 2.86. The first-order chi connectivity index (χ1) is 4.73. The summed E-state index contributed by atoms with van der Waals surface area (Å²) >= 11 is 0. The normalized spacial score (nSPS) is 32.2. The van der Waals surface area contributed by atoms with Crippen molar-refractivity contribution in [2.75, 3.05) is 21.1 Å². The summed E-state index contributed by atoms with van der Waals surface area (Å²) in [5.74, 6) is 0.947. The van der Waals surface area contributed by atoms with Crippen molar-refractivity contribution in [3.63, 3.8) is 0 Å². The summed E-state index contributed by atoms with van der Waals surface area (Å²) in [7, 11) is 6.91. The Hall–Kier alpha value is -0.0400. The molecule has 0 aromatic carbocycles. The molecule has 1 nitrogen and oxygen atoms in total. The molecule has 0 N–H and O–H groups in total. The molecule has 0 aromatic heterocycles. The lowest BCUT2D eigenvalue weighted by molar-refractivity contribution is -0.883. The summed E-state index contributed by atoms with van der Waals surface area (Å²) in [6, 6.07) is 0.912. The molecule has 0 unspecified atom stereocenters. The van der Waals surface area contributed by atoms with Crippen molar-refractivity contribution in [2.45, 2.75) is 33.2 Å². The molecule has 1 saturated carbocycles. The Kier molecular flexibility index (Phi) is 1.83. The van der Waals surface area contributed by atoms with Crippen molar-refractivity contribution in [1.82, 2.24) is 0 Å². The van der Waals surface area contributed by atoms with Crippen molar-refractivity contribution in [3.8, 4) is 0 Å². The fraction of sp³-hybridized carbons (Fsp3) is 1.00. The Labute approximate surface area is 71.0 Å². The van der Waals surface area contributed by atoms with Gasteiger partial charge in [0.15, 0.2) is 0 Å². The van der Waals surface area contributed by atoms with Gasteiger partial charge in [0.05, 0.1) is 27.2 Å². The molecular formula is C10H22N+. The molecule has 0 saturated heterocycles. The fourth-order valence-corrected chi connectivity index (χ4v) is 1.97. The lowest BCUT2D eigenvalue weighted by atomic mass is 9.89. The predicted molar refractivity (Wildman–Crippen MR) is 49.4 cm³/mol. The molecule has 1 aliphatic carbocycles. The van der Waals surface area contributed by atoms with Gasteiger partial charge in [-0.2, -0.15) is 0 Å². The smallest absolute Gasteiger partial charge is 0.0925 e. The standard InChI is InChI=1S/C10H22N/c1-10(2,3)8-7-9(8)11(4,5)6/h8-9H,7H2,1-6H3/q+1/t8-,9+/m0/s1. The average Bonchev–Trinajstić information content (AvgIpc) is 2.30. The molecule has 0 heterocycles. The van der Waals surface area contributed by atoms with Gasteiger partial charge in [-0.25, -0.2) is 0 Å². The first kappa shape index (κ1) is 9.05. The Morgan fingerprint density at radius 2 is 1.55 bits per heavy atom. The largest absolute Gasteiger partial charge is 0.328 e. The van der Waals surface area contributed by atoms with E-state index < -0.39 is 0 Å². The molecule has 0 amide bonds. The highest BCUT2D eigenvalue weighted by atomic mass is 15.3. The van der Waals surface area contributed by atoms with Gasteiger partial charge in [-0.3, -0.25) is 0 Å². The van der Waals surface area contributed by atoms with E-state index in [2.05, 4.69) is 41.9 Å². The fourth-order valence-electron chi connectivity index (χ4n) is 1.97. The van der Waals surface area contributed by atoms with Crippen LogP contribution in [0.3, 0.4) is 0 Å². The van der Waals surface area contributed by atoms with Crippen molar-refractivity contribution in [1.29, 1.82) is 0 Å². The molecule has 1 rings (SSSR count). The average molecular weight is 156 g/mol. The molecule has 0 bridgehead atoms. The van der Waals surface area contributed by atoms with Crippen LogP contribution in [0.1, 0.15) is 27.2 Å². The third-order valence-corrected chi connectivity index (χ3v) is 2.86. The monoisotopic (exact) mass is 156 g/mol. The highest BCUT2D eigenvalue weighted by molar-refractivity contribution is 4.95. The van der Waals surface area contributed by atoms with Gasteiger partial charge in [0.2, 0.25) is 0 Å². The van der Waals surface area contributed by atoms with Gasteiger partial charge >= 0.3 is 0 Å². The zero-order valence-electron chi connectivity index (χ0n) is 8.81. The van der Waals surface area contributed by atoms with Crippen molar-refractivity contribution < 1.29 is 4.48 Å². The summed E-state index contributed by atoms with van der Waals surface area (Å²) in [5.41, 5.74) is 0.524. The second-order valence-corrected chi connectivity index (χ2v) is 5.89. The quantitative estimate of drug-likeness (QED) is 0.510. The Bertz CT molecular complexity index is 129. The van der Waals surface area contributed by atoms with E-state index in [1.165, 1.54) is 6.42 Å². The van der Waals surface area contributed by atoms with Crippen LogP contribution < -0.4 is 0 Å². The number of hydrogen-bond acceptors (Lipinski definition) is 0. The molecule has 0 aromatic rings. The van der Waals surface area contributed by atoms with Crippen LogP contribution in [0.15, 0.2) is 0 Å². The summed E-state index contributed by atoms with van der Waals surface area (Å²) in [5, 5.41) is 0. The maximum Gasteiger partial charge on any atom is 0.0925 e. The minimum atomic E-state index is 0.524. The lowest BCUT2D eigenvalue weighted by Crippen LogP contribution is -2.39. The highest BCUT2D eigenvalue weighted by Gasteiger charge is 2.53. The first-order valence-corrected chi connectivity index (χ1v) is 4.54. The second kappa shape index (κ2) is 2.22. The van der Waals surface area contributed by atoms with Crippen LogP contribution >= 0.6 is 0 Å².